The molecule has 0 saturated heterocycles. The number of aromatic nitrogens is 1. The van der Waals surface area contributed by atoms with Gasteiger partial charge in [0.25, 0.3) is 0 Å². The maximum Gasteiger partial charge on any atom is 0.224 e. The van der Waals surface area contributed by atoms with Crippen molar-refractivity contribution in [2.45, 2.75) is 19.8 Å². The Labute approximate surface area is 126 Å². The summed E-state index contributed by atoms with van der Waals surface area (Å²) in [7, 11) is 0. The lowest BCUT2D eigenvalue weighted by molar-refractivity contribution is -0.120. The number of hydrogen-bond donors (Lipinski definition) is 1. The summed E-state index contributed by atoms with van der Waals surface area (Å²) in [4.78, 5) is 17.5. The van der Waals surface area contributed by atoms with Crippen molar-refractivity contribution in [3.8, 4) is 0 Å². The lowest BCUT2D eigenvalue weighted by atomic mass is 10.1. The van der Waals surface area contributed by atoms with Crippen LogP contribution in [0.2, 0.25) is 0 Å². The topological polar surface area (TPSA) is 55.1 Å². The molecule has 0 unspecified atom stereocenters. The van der Waals surface area contributed by atoms with Gasteiger partial charge in [-0.1, -0.05) is 12.1 Å². The van der Waals surface area contributed by atoms with Crippen molar-refractivity contribution in [2.24, 2.45) is 0 Å². The molecule has 108 valence electrons. The van der Waals surface area contributed by atoms with Crippen LogP contribution in [-0.2, 0) is 17.6 Å². The number of thiophene rings is 1. The molecular formula is C16H16N2O2S. The van der Waals surface area contributed by atoms with E-state index in [9.17, 15) is 4.79 Å². The highest BCUT2D eigenvalue weighted by Gasteiger charge is 2.07. The van der Waals surface area contributed by atoms with Crippen LogP contribution in [0.4, 0.5) is 0 Å². The molecule has 3 rings (SSSR count). The first kappa shape index (κ1) is 13.8. The second-order valence-corrected chi connectivity index (χ2v) is 5.92. The average molecular weight is 300 g/mol. The predicted molar refractivity (Wildman–Crippen MR) is 83.5 cm³/mol. The van der Waals surface area contributed by atoms with E-state index in [2.05, 4.69) is 16.4 Å². The van der Waals surface area contributed by atoms with E-state index < -0.39 is 0 Å². The Morgan fingerprint density at radius 3 is 3.10 bits per heavy atom. The van der Waals surface area contributed by atoms with Gasteiger partial charge in [-0.2, -0.15) is 0 Å². The van der Waals surface area contributed by atoms with Crippen LogP contribution in [0, 0.1) is 6.92 Å². The van der Waals surface area contributed by atoms with Crippen molar-refractivity contribution in [2.75, 3.05) is 6.54 Å². The summed E-state index contributed by atoms with van der Waals surface area (Å²) in [5, 5.41) is 4.99. The summed E-state index contributed by atoms with van der Waals surface area (Å²) in [5.74, 6) is 0.671. The third-order valence-corrected chi connectivity index (χ3v) is 4.13. The van der Waals surface area contributed by atoms with Crippen LogP contribution < -0.4 is 5.32 Å². The van der Waals surface area contributed by atoms with Crippen molar-refractivity contribution < 1.29 is 9.21 Å². The largest absolute Gasteiger partial charge is 0.441 e. The van der Waals surface area contributed by atoms with Gasteiger partial charge >= 0.3 is 0 Å². The molecule has 4 nitrogen and oxygen atoms in total. The second kappa shape index (κ2) is 6.10. The molecule has 0 radical (unpaired) electrons. The van der Waals surface area contributed by atoms with Crippen molar-refractivity contribution in [3.05, 3.63) is 52.0 Å². The minimum absolute atomic E-state index is 0.0298. The van der Waals surface area contributed by atoms with E-state index in [1.165, 1.54) is 4.88 Å². The molecule has 0 fully saturated rings. The fourth-order valence-corrected chi connectivity index (χ4v) is 2.93. The third kappa shape index (κ3) is 3.49. The molecule has 21 heavy (non-hydrogen) atoms. The van der Waals surface area contributed by atoms with Crippen LogP contribution in [0.3, 0.4) is 0 Å². The molecule has 0 atom stereocenters. The van der Waals surface area contributed by atoms with Gasteiger partial charge in [0, 0.05) is 18.3 Å². The molecule has 0 aliphatic carbocycles. The molecule has 0 spiro atoms. The summed E-state index contributed by atoms with van der Waals surface area (Å²) in [5.41, 5.74) is 2.50. The van der Waals surface area contributed by atoms with Crippen LogP contribution in [0.15, 0.2) is 40.1 Å². The summed E-state index contributed by atoms with van der Waals surface area (Å²) in [6.07, 6.45) is 1.24. The molecule has 0 saturated carbocycles. The Kier molecular flexibility index (Phi) is 4.01. The van der Waals surface area contributed by atoms with Gasteiger partial charge in [-0.3, -0.25) is 4.79 Å². The van der Waals surface area contributed by atoms with Gasteiger partial charge in [-0.25, -0.2) is 4.98 Å². The smallest absolute Gasteiger partial charge is 0.224 e. The van der Waals surface area contributed by atoms with Crippen LogP contribution in [0.5, 0.6) is 0 Å². The number of nitrogens with zero attached hydrogens (tertiary/aromatic N) is 1. The second-order valence-electron chi connectivity index (χ2n) is 4.89. The Morgan fingerprint density at radius 2 is 2.29 bits per heavy atom. The minimum atomic E-state index is 0.0298. The number of benzene rings is 1. The number of hydrogen-bond acceptors (Lipinski definition) is 4. The molecule has 3 aromatic rings. The SMILES string of the molecule is Cc1nc2ccc(CC(=O)NCCc3cccs3)cc2o1. The molecule has 1 N–H and O–H groups in total. The number of amides is 1. The molecule has 2 heterocycles. The molecule has 2 aromatic heterocycles. The van der Waals surface area contributed by atoms with Crippen LogP contribution in [-0.4, -0.2) is 17.4 Å². The first-order valence-corrected chi connectivity index (χ1v) is 7.74. The molecule has 1 aromatic carbocycles. The molecular weight excluding hydrogens is 284 g/mol. The van der Waals surface area contributed by atoms with E-state index in [0.717, 1.165) is 23.1 Å². The van der Waals surface area contributed by atoms with Crippen molar-refractivity contribution in [1.29, 1.82) is 0 Å². The van der Waals surface area contributed by atoms with E-state index in [1.54, 1.807) is 11.3 Å². The van der Waals surface area contributed by atoms with Crippen molar-refractivity contribution >= 4 is 28.3 Å². The third-order valence-electron chi connectivity index (χ3n) is 3.20. The Bertz CT molecular complexity index is 747. The van der Waals surface area contributed by atoms with E-state index >= 15 is 0 Å². The summed E-state index contributed by atoms with van der Waals surface area (Å²) in [6.45, 7) is 2.49. The van der Waals surface area contributed by atoms with Crippen LogP contribution in [0.25, 0.3) is 11.1 Å². The maximum atomic E-state index is 11.9. The number of fused-ring (bicyclic) bond motifs is 1. The number of rotatable bonds is 5. The summed E-state index contributed by atoms with van der Waals surface area (Å²) in [6, 6.07) is 9.80. The van der Waals surface area contributed by atoms with Gasteiger partial charge in [0.15, 0.2) is 11.5 Å². The fourth-order valence-electron chi connectivity index (χ4n) is 2.22. The van der Waals surface area contributed by atoms with Gasteiger partial charge < -0.3 is 9.73 Å². The van der Waals surface area contributed by atoms with Crippen LogP contribution in [0.1, 0.15) is 16.3 Å². The first-order valence-electron chi connectivity index (χ1n) is 6.86. The average Bonchev–Trinajstić information content (AvgIpc) is 3.06. The lowest BCUT2D eigenvalue weighted by Gasteiger charge is -2.04. The van der Waals surface area contributed by atoms with Crippen LogP contribution >= 0.6 is 11.3 Å². The van der Waals surface area contributed by atoms with E-state index in [0.29, 0.717) is 18.9 Å². The zero-order chi connectivity index (χ0) is 14.7. The van der Waals surface area contributed by atoms with Gasteiger partial charge in [0.2, 0.25) is 5.91 Å². The fraction of sp³-hybridized carbons (Fsp3) is 0.250. The molecule has 5 heteroatoms. The predicted octanol–water partition coefficient (Wildman–Crippen LogP) is 3.10. The number of oxazole rings is 1. The standard InChI is InChI=1S/C16H16N2O2S/c1-11-18-14-5-4-12(9-15(14)20-11)10-16(19)17-7-6-13-3-2-8-21-13/h2-5,8-9H,6-7,10H2,1H3,(H,17,19). The summed E-state index contributed by atoms with van der Waals surface area (Å²) >= 11 is 1.71. The molecule has 0 bridgehead atoms. The monoisotopic (exact) mass is 300 g/mol. The lowest BCUT2D eigenvalue weighted by Crippen LogP contribution is -2.27. The van der Waals surface area contributed by atoms with Crippen molar-refractivity contribution in [1.82, 2.24) is 10.3 Å². The number of carbonyl (C=O) groups is 1. The van der Waals surface area contributed by atoms with Gasteiger partial charge in [0.1, 0.15) is 5.52 Å². The molecule has 1 amide bonds. The molecule has 0 aliphatic rings. The molecule has 0 aliphatic heterocycles. The van der Waals surface area contributed by atoms with Gasteiger partial charge in [-0.15, -0.1) is 11.3 Å². The quantitative estimate of drug-likeness (QED) is 0.787. The zero-order valence-electron chi connectivity index (χ0n) is 11.8. The van der Waals surface area contributed by atoms with E-state index in [1.807, 2.05) is 36.6 Å². The Balaban J connectivity index is 1.55. The Hall–Kier alpha value is -2.14. The van der Waals surface area contributed by atoms with Gasteiger partial charge in [-0.05, 0) is 35.6 Å². The highest BCUT2D eigenvalue weighted by atomic mass is 32.1. The Morgan fingerprint density at radius 1 is 1.38 bits per heavy atom. The van der Waals surface area contributed by atoms with Crippen molar-refractivity contribution in [3.63, 3.8) is 0 Å². The normalized spacial score (nSPS) is 10.9. The first-order chi connectivity index (χ1) is 10.2. The number of carbonyl (C=O) groups excluding carboxylic acids is 1. The maximum absolute atomic E-state index is 11.9. The highest BCUT2D eigenvalue weighted by Crippen LogP contribution is 2.17. The summed E-state index contributed by atoms with van der Waals surface area (Å²) < 4.78 is 5.48. The van der Waals surface area contributed by atoms with E-state index in [-0.39, 0.29) is 5.91 Å². The highest BCUT2D eigenvalue weighted by molar-refractivity contribution is 7.09. The zero-order valence-corrected chi connectivity index (χ0v) is 12.6. The van der Waals surface area contributed by atoms with E-state index in [4.69, 9.17) is 4.42 Å². The number of aryl methyl sites for hydroxylation is 1. The van der Waals surface area contributed by atoms with Gasteiger partial charge in [0.05, 0.1) is 6.42 Å². The minimum Gasteiger partial charge on any atom is -0.441 e. The number of nitrogens with one attached hydrogen (secondary N) is 1.